The normalized spacial score (nSPS) is 15.7. The molecule has 0 aromatic heterocycles. The third kappa shape index (κ3) is 36.3. The molecule has 746 valence electrons. The zero-order valence-electron chi connectivity index (χ0n) is 86.3. The number of carbonyl (C=O) groups is 4. The zero-order chi connectivity index (χ0) is 98.6. The van der Waals surface area contributed by atoms with Crippen LogP contribution < -0.4 is 68.0 Å². The van der Waals surface area contributed by atoms with E-state index in [1.165, 1.54) is 165 Å². The van der Waals surface area contributed by atoms with E-state index in [-0.39, 0.29) is 91.2 Å². The number of halogens is 1. The molecule has 139 heavy (non-hydrogen) atoms. The fraction of sp³-hybridized carbons (Fsp3) is 0.402. The van der Waals surface area contributed by atoms with Crippen LogP contribution in [0.5, 0.6) is 5.75 Å². The molecule has 0 radical (unpaired) electrons. The molecule has 0 saturated carbocycles. The Hall–Kier alpha value is -9.85. The number of methoxy groups -OCH3 is 1. The van der Waals surface area contributed by atoms with Gasteiger partial charge in [-0.05, 0) is 332 Å². The van der Waals surface area contributed by atoms with Crippen molar-refractivity contribution in [2.45, 2.75) is 246 Å². The van der Waals surface area contributed by atoms with Crippen LogP contribution in [0.15, 0.2) is 299 Å². The number of fused-ring (bicyclic) bond motifs is 2. The predicted octanol–water partition coefficient (Wildman–Crippen LogP) is 22.0. The summed E-state index contributed by atoms with van der Waals surface area (Å²) >= 11 is 0. The third-order valence-corrected chi connectivity index (χ3v) is 31.1. The second-order valence-corrected chi connectivity index (χ2v) is 42.1. The van der Waals surface area contributed by atoms with Crippen LogP contribution in [0.2, 0.25) is 0 Å². The molecule has 9 aromatic carbocycles. The Morgan fingerprint density at radius 2 is 0.683 bits per heavy atom. The number of nitrogens with one attached hydrogen (secondary N) is 2. The van der Waals surface area contributed by atoms with Crippen molar-refractivity contribution in [3.63, 3.8) is 0 Å². The first-order valence-electron chi connectivity index (χ1n) is 49.2. The number of hydrogen-bond acceptors (Lipinski definition) is 11. The molecule has 0 atom stereocenters. The van der Waals surface area contributed by atoms with Crippen molar-refractivity contribution in [2.24, 2.45) is 33.1 Å². The van der Waals surface area contributed by atoms with Gasteiger partial charge in [-0.15, -0.1) is 0 Å². The van der Waals surface area contributed by atoms with E-state index in [0.717, 1.165) is 95.5 Å². The number of aryl methyl sites for hydroxylation is 4. The van der Waals surface area contributed by atoms with Gasteiger partial charge in [0.05, 0.1) is 35.5 Å². The molecule has 6 aliphatic rings. The van der Waals surface area contributed by atoms with Crippen LogP contribution in [-0.2, 0) is 25.7 Å². The van der Waals surface area contributed by atoms with Gasteiger partial charge in [0, 0.05) is 28.2 Å². The first kappa shape index (κ1) is 123. The molecule has 10 N–H and O–H groups in total. The monoisotopic (exact) mass is 1960 g/mol. The molecule has 15 rings (SSSR count). The fourth-order valence-electron chi connectivity index (χ4n) is 19.4. The minimum atomic E-state index is -1.80. The van der Waals surface area contributed by atoms with E-state index in [0.29, 0.717) is 46.2 Å². The molecular formula is C122H167BrLiN6O8P. The number of benzene rings is 9. The average molecular weight is 1960 g/mol. The van der Waals surface area contributed by atoms with Gasteiger partial charge in [-0.25, -0.2) is 11.1 Å². The van der Waals surface area contributed by atoms with Crippen molar-refractivity contribution >= 4 is 65.0 Å². The van der Waals surface area contributed by atoms with E-state index in [1.54, 1.807) is 84.9 Å². The van der Waals surface area contributed by atoms with Crippen molar-refractivity contribution in [1.82, 2.24) is 9.80 Å². The van der Waals surface area contributed by atoms with E-state index in [9.17, 15) is 19.2 Å². The Labute approximate surface area is 861 Å². The zero-order valence-corrected chi connectivity index (χ0v) is 88.8. The van der Waals surface area contributed by atoms with Gasteiger partial charge in [0.1, 0.15) is 28.9 Å². The van der Waals surface area contributed by atoms with Crippen molar-refractivity contribution in [3.05, 3.63) is 368 Å². The Balaban J connectivity index is 0.000000576. The molecule has 4 aliphatic carbocycles. The Morgan fingerprint density at radius 3 is 0.957 bits per heavy atom. The summed E-state index contributed by atoms with van der Waals surface area (Å²) in [7, 11) is 0.840. The maximum absolute atomic E-state index is 12.5. The van der Waals surface area contributed by atoms with Gasteiger partial charge in [0.15, 0.2) is 0 Å². The summed E-state index contributed by atoms with van der Waals surface area (Å²) in [5.41, 5.74) is 45.8. The molecule has 14 nitrogen and oxygen atoms in total. The van der Waals surface area contributed by atoms with E-state index in [1.807, 2.05) is 24.3 Å². The van der Waals surface area contributed by atoms with Crippen LogP contribution >= 0.6 is 7.26 Å². The Bertz CT molecular complexity index is 5220. The Morgan fingerprint density at radius 1 is 0.417 bits per heavy atom. The number of aliphatic hydroxyl groups excluding tert-OH is 2. The summed E-state index contributed by atoms with van der Waals surface area (Å²) in [6.07, 6.45) is 39.9. The van der Waals surface area contributed by atoms with Gasteiger partial charge in [0.25, 0.3) is 23.6 Å². The number of carbonyl (C=O) groups excluding carboxylic acids is 4. The largest absolute Gasteiger partial charge is 1.00 e. The summed E-state index contributed by atoms with van der Waals surface area (Å²) < 4.78 is 5.19. The van der Waals surface area contributed by atoms with Crippen LogP contribution in [0.25, 0.3) is 18.2 Å². The number of allylic oxidation sites excluding steroid dienone is 11. The summed E-state index contributed by atoms with van der Waals surface area (Å²) in [5, 5.41) is 19.0. The fourth-order valence-corrected chi connectivity index (χ4v) is 24.0. The van der Waals surface area contributed by atoms with Gasteiger partial charge in [0.2, 0.25) is 0 Å². The van der Waals surface area contributed by atoms with Gasteiger partial charge in [-0.1, -0.05) is 299 Å². The minimum Gasteiger partial charge on any atom is -1.00 e. The second-order valence-electron chi connectivity index (χ2n) is 38.6. The first-order valence-corrected chi connectivity index (χ1v) is 51.2. The number of amides is 4. The van der Waals surface area contributed by atoms with Crippen LogP contribution in [0.3, 0.4) is 0 Å². The molecule has 0 spiro atoms. The number of aliphatic hydroxyl groups is 2. The molecular weight excluding hydrogens is 1800 g/mol. The molecule has 2 heterocycles. The number of imide groups is 2. The van der Waals surface area contributed by atoms with Gasteiger partial charge in [-0.2, -0.15) is 6.42 Å². The van der Waals surface area contributed by atoms with Crippen LogP contribution in [0, 0.1) is 39.6 Å². The van der Waals surface area contributed by atoms with Crippen LogP contribution in [0.1, 0.15) is 302 Å². The molecule has 0 saturated heterocycles. The first-order chi connectivity index (χ1) is 65.0. The summed E-state index contributed by atoms with van der Waals surface area (Å²) in [4.78, 5) is 52.2. The van der Waals surface area contributed by atoms with Crippen LogP contribution in [-0.4, -0.2) is 102 Å². The summed E-state index contributed by atoms with van der Waals surface area (Å²) in [5.74, 6) is 0.0998. The smallest absolute Gasteiger partial charge is 1.00 e. The minimum absolute atomic E-state index is 0. The van der Waals surface area contributed by atoms with E-state index < -0.39 is 7.26 Å². The standard InChI is InChI=1S/C28H31NO2.C28H32P.2C20H29N.C18H17NO3.C4H9.C2H6O.CH4O.CH4.BrH.Li.H2N2.H2O.H2/c1-20-9-7-17-28(2,3)25(20)16-15-22-11-6-10-21(19-22)12-8-18-29-26(30)23-13-4-5-14-24(23)27(29)31;1-23-14-13-21-28(2,3)27(23)22-29(24-15-7-4-8-16-24,25-17-9-5-10-18-25)26-19-11-6-12-20-26;2*1-16-7-5-13-20(2,3)19(16)12-11-18-9-4-8-17(15-18)10-6-14-21;1-22-14-8-4-6-13(12-14)7-5-11-19-17(20)15-9-2-3-10-16(15)18(19)21;1-3-4-2;1-2-3;1-2;;;;1-2;;/h4-6,10-11,13-16,19H,7-9,12,17-18H2,1-3H3;4-12,15-20H,13-14,21-22H2,1-3H3;2*4,8-9,11-12,15H,5-7,10,13-14,21H2,1-3H3;2-4,6,8-10,12H,5,7,11H2,1H3;1,3-4H2,2H3;3H,2H2,1H3;2H,1H3;1H4;1H;;1-2H;1H2;1H/q;+1;;;;-1;;;;;+1;;;/p-1/b16-15+;;2*12-11+;;;;;;;;;;. The number of unbranched alkanes of at least 4 members (excludes halogenated alkanes) is 1. The summed E-state index contributed by atoms with van der Waals surface area (Å²) in [6, 6.07) is 81.9. The Kier molecular flexibility index (Phi) is 56.0. The number of nitrogens with two attached hydrogens (primary N) is 2. The van der Waals surface area contributed by atoms with Crippen molar-refractivity contribution < 1.29 is 76.9 Å². The van der Waals surface area contributed by atoms with Gasteiger partial charge in [-0.3, -0.25) is 29.0 Å². The van der Waals surface area contributed by atoms with Crippen LogP contribution in [0.4, 0.5) is 0 Å². The van der Waals surface area contributed by atoms with Crippen molar-refractivity contribution in [2.75, 3.05) is 53.2 Å². The second kappa shape index (κ2) is 63.1. The van der Waals surface area contributed by atoms with Gasteiger partial charge >= 0.3 is 18.9 Å². The van der Waals surface area contributed by atoms with Crippen molar-refractivity contribution in [3.8, 4) is 5.75 Å². The number of ether oxygens (including phenoxy) is 1. The molecule has 2 aliphatic heterocycles. The summed E-state index contributed by atoms with van der Waals surface area (Å²) in [6.45, 7) is 38.4. The number of nitrogens with zero attached hydrogens (tertiary/aromatic N) is 2. The molecule has 0 fully saturated rings. The van der Waals surface area contributed by atoms with E-state index >= 15 is 0 Å². The number of hydrogen-bond donors (Lipinski definition) is 6. The molecule has 17 heteroatoms. The van der Waals surface area contributed by atoms with E-state index in [4.69, 9.17) is 37.5 Å². The molecule has 0 bridgehead atoms. The van der Waals surface area contributed by atoms with Crippen molar-refractivity contribution in [1.29, 1.82) is 11.1 Å². The maximum Gasteiger partial charge on any atom is 1.00 e. The van der Waals surface area contributed by atoms with Gasteiger partial charge < -0.3 is 55.8 Å². The molecule has 4 amide bonds. The quantitative estimate of drug-likeness (QED) is 0.00714. The average Bonchev–Trinajstić information content (AvgIpc) is 0.837. The SMILES string of the molecule is C.CC1=C(/C=C/c2cccc(CCCN)c2)C(C)(C)CCC1.CC1=C(/C=C/c2cccc(CCCN)c2)C(C)(C)CCC1.CC1=C(/C=C/c2cccc(CCCN3C(=O)c4ccccc4C3=O)c2)C(C)(C)CCC1.CC1=C(C[P+](c2ccccc2)(c2ccccc2)c2ccccc2)C(C)(C)CCC1.CCO.CO.COc1cccc(CCCN2C(=O)c3ccccc3C2=O)c1.N=N.O.[Br-].[CH2-]CCC.[HH].[Li+]. The predicted molar refractivity (Wildman–Crippen MR) is 585 cm³/mol. The molecule has 0 unspecified atom stereocenters. The maximum atomic E-state index is 12.5. The molecule has 9 aromatic rings. The third-order valence-electron chi connectivity index (χ3n) is 26.8. The van der Waals surface area contributed by atoms with E-state index in [2.05, 4.69) is 297 Å². The topological polar surface area (TPSA) is 256 Å². The number of rotatable bonds is 27.